The van der Waals surface area contributed by atoms with Crippen LogP contribution < -0.4 is 10.6 Å². The van der Waals surface area contributed by atoms with Crippen molar-refractivity contribution in [1.82, 2.24) is 19.8 Å². The van der Waals surface area contributed by atoms with Crippen molar-refractivity contribution in [3.63, 3.8) is 0 Å². The highest BCUT2D eigenvalue weighted by Crippen LogP contribution is 2.34. The number of aromatic nitrogens is 2. The third kappa shape index (κ3) is 6.69. The lowest BCUT2D eigenvalue weighted by Gasteiger charge is -2.33. The van der Waals surface area contributed by atoms with Crippen molar-refractivity contribution < 1.29 is 23.5 Å². The lowest BCUT2D eigenvalue weighted by atomic mass is 9.85. The fourth-order valence-corrected chi connectivity index (χ4v) is 5.67. The molecular formula is C29H35ClN6O5. The smallest absolute Gasteiger partial charge is 0.294 e. The number of nitrogens with zero attached hydrogens (tertiary/aromatic N) is 4. The van der Waals surface area contributed by atoms with Crippen LogP contribution in [0.1, 0.15) is 59.6 Å². The van der Waals surface area contributed by atoms with Gasteiger partial charge in [0.25, 0.3) is 11.8 Å². The van der Waals surface area contributed by atoms with Gasteiger partial charge in [-0.1, -0.05) is 11.6 Å². The largest absolute Gasteiger partial charge is 0.447 e. The predicted octanol–water partition coefficient (Wildman–Crippen LogP) is 4.44. The number of pyridine rings is 2. The van der Waals surface area contributed by atoms with Crippen LogP contribution in [-0.4, -0.2) is 83.9 Å². The lowest BCUT2D eigenvalue weighted by Crippen LogP contribution is -2.38. The van der Waals surface area contributed by atoms with Crippen molar-refractivity contribution in [2.24, 2.45) is 5.92 Å². The Balaban J connectivity index is 1.40. The fourth-order valence-electron chi connectivity index (χ4n) is 5.55. The van der Waals surface area contributed by atoms with Crippen LogP contribution in [0.15, 0.2) is 34.9 Å². The number of anilines is 2. The summed E-state index contributed by atoms with van der Waals surface area (Å²) >= 11 is 5.92. The first-order valence-corrected chi connectivity index (χ1v) is 14.4. The summed E-state index contributed by atoms with van der Waals surface area (Å²) in [5, 5.41) is 6.04. The molecule has 11 nitrogen and oxygen atoms in total. The van der Waals surface area contributed by atoms with Crippen molar-refractivity contribution in [3.8, 4) is 0 Å². The van der Waals surface area contributed by atoms with Gasteiger partial charge in [0, 0.05) is 38.9 Å². The number of nitrogens with one attached hydrogen (secondary N) is 2. The van der Waals surface area contributed by atoms with Crippen LogP contribution in [0.25, 0.3) is 11.1 Å². The summed E-state index contributed by atoms with van der Waals surface area (Å²) in [6.07, 6.45) is 7.35. The van der Waals surface area contributed by atoms with Crippen LogP contribution >= 0.6 is 11.6 Å². The molecule has 0 aromatic carbocycles. The SMILES string of the molecule is COCCN(C)C(=O)c1ccc2oc(C(=O)Nc3ccc(Cl)cn3)c(NC(=O)C3CCC(N4CCCC4)CC3)c2n1. The number of likely N-dealkylation sites (tertiary alicyclic amines) is 1. The third-order valence-corrected chi connectivity index (χ3v) is 8.10. The standard InChI is InChI=1S/C29H35ClN6O5/c1-35(15-16-40-2)29(39)21-10-11-22-24(32-21)25(26(41-22)28(38)33-23-12-7-19(30)17-31-23)34-27(37)18-5-8-20(9-6-18)36-13-3-4-14-36/h7,10-12,17-18,20H,3-6,8-9,13-16H2,1-2H3,(H,34,37)(H,31,33,38). The van der Waals surface area contributed by atoms with Crippen LogP contribution in [0, 0.1) is 5.92 Å². The van der Waals surface area contributed by atoms with E-state index in [1.165, 1.54) is 30.0 Å². The highest BCUT2D eigenvalue weighted by Gasteiger charge is 2.32. The first-order chi connectivity index (χ1) is 19.8. The number of hydrogen-bond donors (Lipinski definition) is 2. The van der Waals surface area contributed by atoms with E-state index in [1.807, 2.05) is 0 Å². The van der Waals surface area contributed by atoms with Crippen molar-refractivity contribution in [1.29, 1.82) is 0 Å². The van der Waals surface area contributed by atoms with Crippen LogP contribution in [0.5, 0.6) is 0 Å². The number of carbonyl (C=O) groups is 3. The molecule has 0 radical (unpaired) electrons. The Morgan fingerprint density at radius 2 is 1.85 bits per heavy atom. The molecule has 1 aliphatic heterocycles. The molecule has 0 unspecified atom stereocenters. The molecule has 3 amide bonds. The van der Waals surface area contributed by atoms with E-state index in [0.717, 1.165) is 38.8 Å². The Labute approximate surface area is 243 Å². The summed E-state index contributed by atoms with van der Waals surface area (Å²) in [6.45, 7) is 3.03. The van der Waals surface area contributed by atoms with E-state index < -0.39 is 5.91 Å². The molecule has 218 valence electrons. The van der Waals surface area contributed by atoms with Crippen LogP contribution in [0.3, 0.4) is 0 Å². The molecule has 0 spiro atoms. The predicted molar refractivity (Wildman–Crippen MR) is 155 cm³/mol. The topological polar surface area (TPSA) is 130 Å². The second kappa shape index (κ2) is 13.0. The molecule has 1 saturated carbocycles. The Bertz CT molecular complexity index is 1400. The maximum atomic E-state index is 13.5. The number of fused-ring (bicyclic) bond motifs is 1. The van der Waals surface area contributed by atoms with E-state index >= 15 is 0 Å². The zero-order chi connectivity index (χ0) is 28.9. The number of ether oxygens (including phenoxy) is 1. The molecule has 3 aromatic rings. The monoisotopic (exact) mass is 582 g/mol. The maximum Gasteiger partial charge on any atom is 0.294 e. The molecule has 1 saturated heterocycles. The molecule has 0 bridgehead atoms. The maximum absolute atomic E-state index is 13.5. The number of hydrogen-bond acceptors (Lipinski definition) is 8. The first-order valence-electron chi connectivity index (χ1n) is 14.0. The molecule has 3 aromatic heterocycles. The van der Waals surface area contributed by atoms with E-state index in [0.29, 0.717) is 24.2 Å². The summed E-state index contributed by atoms with van der Waals surface area (Å²) in [5.74, 6) is -1.18. The Kier molecular flexibility index (Phi) is 9.16. The summed E-state index contributed by atoms with van der Waals surface area (Å²) in [5.41, 5.74) is 0.782. The fraction of sp³-hybridized carbons (Fsp3) is 0.483. The number of likely N-dealkylation sites (N-methyl/N-ethyl adjacent to an activating group) is 1. The molecule has 2 N–H and O–H groups in total. The van der Waals surface area contributed by atoms with Crippen molar-refractivity contribution in [3.05, 3.63) is 46.9 Å². The normalized spacial score (nSPS) is 19.3. The van der Waals surface area contributed by atoms with Gasteiger partial charge >= 0.3 is 0 Å². The highest BCUT2D eigenvalue weighted by atomic mass is 35.5. The van der Waals surface area contributed by atoms with Crippen LogP contribution in [0.4, 0.5) is 11.5 Å². The molecule has 2 fully saturated rings. The minimum Gasteiger partial charge on any atom is -0.447 e. The number of methoxy groups -OCH3 is 1. The molecular weight excluding hydrogens is 548 g/mol. The van der Waals surface area contributed by atoms with Crippen molar-refractivity contribution >= 4 is 51.9 Å². The molecule has 1 aliphatic carbocycles. The van der Waals surface area contributed by atoms with Gasteiger partial charge in [-0.2, -0.15) is 0 Å². The molecule has 4 heterocycles. The van der Waals surface area contributed by atoms with E-state index in [4.69, 9.17) is 20.8 Å². The average molecular weight is 583 g/mol. The van der Waals surface area contributed by atoms with Gasteiger partial charge in [0.05, 0.1) is 11.6 Å². The van der Waals surface area contributed by atoms with E-state index in [1.54, 1.807) is 32.4 Å². The minimum atomic E-state index is -0.615. The van der Waals surface area contributed by atoms with Gasteiger partial charge in [-0.15, -0.1) is 0 Å². The van der Waals surface area contributed by atoms with Crippen molar-refractivity contribution in [2.45, 2.75) is 44.6 Å². The summed E-state index contributed by atoms with van der Waals surface area (Å²) in [7, 11) is 3.22. The molecule has 41 heavy (non-hydrogen) atoms. The number of furan rings is 1. The third-order valence-electron chi connectivity index (χ3n) is 7.88. The molecule has 12 heteroatoms. The van der Waals surface area contributed by atoms with Gasteiger partial charge in [0.1, 0.15) is 22.7 Å². The number of rotatable bonds is 9. The second-order valence-corrected chi connectivity index (χ2v) is 11.1. The van der Waals surface area contributed by atoms with E-state index in [9.17, 15) is 14.4 Å². The summed E-state index contributed by atoms with van der Waals surface area (Å²) in [6, 6.07) is 6.79. The van der Waals surface area contributed by atoms with Crippen LogP contribution in [0.2, 0.25) is 5.02 Å². The van der Waals surface area contributed by atoms with Gasteiger partial charge in [-0.3, -0.25) is 14.4 Å². The van der Waals surface area contributed by atoms with E-state index in [2.05, 4.69) is 25.5 Å². The zero-order valence-corrected chi connectivity index (χ0v) is 24.1. The van der Waals surface area contributed by atoms with Gasteiger partial charge in [0.2, 0.25) is 11.7 Å². The van der Waals surface area contributed by atoms with Gasteiger partial charge in [-0.05, 0) is 75.9 Å². The minimum absolute atomic E-state index is 0.124. The molecule has 5 rings (SSSR count). The number of carbonyl (C=O) groups excluding carboxylic acids is 3. The second-order valence-electron chi connectivity index (χ2n) is 10.6. The Morgan fingerprint density at radius 3 is 2.54 bits per heavy atom. The Morgan fingerprint density at radius 1 is 1.10 bits per heavy atom. The van der Waals surface area contributed by atoms with Gasteiger partial charge < -0.3 is 29.6 Å². The average Bonchev–Trinajstić information content (AvgIpc) is 3.65. The summed E-state index contributed by atoms with van der Waals surface area (Å²) < 4.78 is 11.0. The molecule has 0 atom stereocenters. The lowest BCUT2D eigenvalue weighted by molar-refractivity contribution is -0.121. The summed E-state index contributed by atoms with van der Waals surface area (Å²) in [4.78, 5) is 52.5. The zero-order valence-electron chi connectivity index (χ0n) is 23.3. The van der Waals surface area contributed by atoms with Gasteiger partial charge in [0.15, 0.2) is 5.58 Å². The Hall–Kier alpha value is -3.54. The first kappa shape index (κ1) is 29.0. The number of halogens is 1. The number of amides is 3. The quantitative estimate of drug-likeness (QED) is 0.379. The van der Waals surface area contributed by atoms with Gasteiger partial charge in [-0.25, -0.2) is 9.97 Å². The molecule has 2 aliphatic rings. The highest BCUT2D eigenvalue weighted by molar-refractivity contribution is 6.30. The van der Waals surface area contributed by atoms with Crippen LogP contribution in [-0.2, 0) is 9.53 Å². The van der Waals surface area contributed by atoms with Crippen molar-refractivity contribution in [2.75, 3.05) is 51.0 Å². The van der Waals surface area contributed by atoms with E-state index in [-0.39, 0.29) is 51.8 Å².